The lowest BCUT2D eigenvalue weighted by Gasteiger charge is -2.22. The molecule has 9 aromatic rings. The molecular formula is C43H30N2. The van der Waals surface area contributed by atoms with Gasteiger partial charge >= 0.3 is 0 Å². The van der Waals surface area contributed by atoms with Crippen molar-refractivity contribution in [2.45, 2.75) is 19.3 Å². The van der Waals surface area contributed by atoms with Gasteiger partial charge in [0.05, 0.1) is 27.8 Å². The van der Waals surface area contributed by atoms with E-state index in [0.29, 0.717) is 0 Å². The van der Waals surface area contributed by atoms with Gasteiger partial charge in [0.2, 0.25) is 0 Å². The van der Waals surface area contributed by atoms with Crippen LogP contribution in [0.5, 0.6) is 0 Å². The maximum Gasteiger partial charge on any atom is 0.0641 e. The van der Waals surface area contributed by atoms with Gasteiger partial charge in [-0.25, -0.2) is 0 Å². The third-order valence-electron chi connectivity index (χ3n) is 10.3. The molecule has 0 fully saturated rings. The van der Waals surface area contributed by atoms with Gasteiger partial charge in [-0.15, -0.1) is 0 Å². The number of aromatic nitrogens is 2. The zero-order valence-corrected chi connectivity index (χ0v) is 25.3. The van der Waals surface area contributed by atoms with Crippen molar-refractivity contribution in [2.75, 3.05) is 0 Å². The summed E-state index contributed by atoms with van der Waals surface area (Å²) in [5, 5.41) is 7.64. The first-order valence-corrected chi connectivity index (χ1v) is 15.8. The van der Waals surface area contributed by atoms with Crippen molar-refractivity contribution in [3.8, 4) is 22.5 Å². The van der Waals surface area contributed by atoms with Crippen LogP contribution in [0.3, 0.4) is 0 Å². The van der Waals surface area contributed by atoms with Crippen molar-refractivity contribution in [3.05, 3.63) is 157 Å². The van der Waals surface area contributed by atoms with Crippen molar-refractivity contribution in [1.29, 1.82) is 0 Å². The molecule has 2 heteroatoms. The molecule has 45 heavy (non-hydrogen) atoms. The summed E-state index contributed by atoms with van der Waals surface area (Å²) in [6.07, 6.45) is 0. The Labute approximate surface area is 261 Å². The van der Waals surface area contributed by atoms with Crippen molar-refractivity contribution < 1.29 is 0 Å². The standard InChI is InChI=1S/C43H30N2/c1-43(2)34-19-10-8-18-32(34)39-35(43)20-12-22-37(39)45-36-21-11-9-17-30(36)31-25-26-38-40(42(31)45)33-24-23-27-13-6-7-16-29(27)41(33)44(38)28-14-4-3-5-15-28/h3-26H,1-2H3. The molecule has 0 unspecified atom stereocenters. The van der Waals surface area contributed by atoms with Gasteiger partial charge < -0.3 is 9.13 Å². The van der Waals surface area contributed by atoms with Crippen LogP contribution < -0.4 is 0 Å². The SMILES string of the molecule is CC1(C)c2ccccc2-c2c(-n3c4ccccc4c4ccc5c(c6ccc7ccccc7c6n5-c5ccccc5)c43)cccc21. The monoisotopic (exact) mass is 574 g/mol. The first kappa shape index (κ1) is 24.8. The fourth-order valence-electron chi connectivity index (χ4n) is 8.33. The highest BCUT2D eigenvalue weighted by atomic mass is 15.0. The average Bonchev–Trinajstić information content (AvgIpc) is 3.69. The van der Waals surface area contributed by atoms with Gasteiger partial charge in [0, 0.05) is 43.6 Å². The predicted molar refractivity (Wildman–Crippen MR) is 190 cm³/mol. The minimum Gasteiger partial charge on any atom is -0.309 e. The second-order valence-electron chi connectivity index (χ2n) is 12.9. The minimum atomic E-state index is -0.0712. The van der Waals surface area contributed by atoms with E-state index < -0.39 is 0 Å². The molecular weight excluding hydrogens is 544 g/mol. The Morgan fingerprint density at radius 1 is 0.444 bits per heavy atom. The molecule has 0 amide bonds. The highest BCUT2D eigenvalue weighted by molar-refractivity contribution is 6.29. The third-order valence-corrected chi connectivity index (χ3v) is 10.3. The van der Waals surface area contributed by atoms with E-state index in [9.17, 15) is 0 Å². The van der Waals surface area contributed by atoms with Crippen molar-refractivity contribution in [3.63, 3.8) is 0 Å². The lowest BCUT2D eigenvalue weighted by Crippen LogP contribution is -2.15. The minimum absolute atomic E-state index is 0.0712. The van der Waals surface area contributed by atoms with Crippen LogP contribution in [-0.2, 0) is 5.41 Å². The van der Waals surface area contributed by atoms with Gasteiger partial charge in [-0.3, -0.25) is 0 Å². The first-order chi connectivity index (χ1) is 22.1. The summed E-state index contributed by atoms with van der Waals surface area (Å²) in [5.74, 6) is 0. The van der Waals surface area contributed by atoms with Gasteiger partial charge in [0.15, 0.2) is 0 Å². The number of hydrogen-bond donors (Lipinski definition) is 0. The molecule has 0 bridgehead atoms. The largest absolute Gasteiger partial charge is 0.309 e. The molecule has 0 N–H and O–H groups in total. The fraction of sp³-hybridized carbons (Fsp3) is 0.0698. The van der Waals surface area contributed by atoms with E-state index in [-0.39, 0.29) is 5.41 Å². The van der Waals surface area contributed by atoms with Gasteiger partial charge in [0.1, 0.15) is 0 Å². The zero-order valence-electron chi connectivity index (χ0n) is 25.3. The van der Waals surface area contributed by atoms with Crippen molar-refractivity contribution >= 4 is 54.4 Å². The molecule has 2 heterocycles. The second kappa shape index (κ2) is 8.74. The molecule has 0 radical (unpaired) electrons. The van der Waals surface area contributed by atoms with E-state index in [1.54, 1.807) is 0 Å². The topological polar surface area (TPSA) is 9.86 Å². The van der Waals surface area contributed by atoms with Crippen LogP contribution in [0.15, 0.2) is 146 Å². The van der Waals surface area contributed by atoms with Gasteiger partial charge in [0.25, 0.3) is 0 Å². The molecule has 2 nitrogen and oxygen atoms in total. The lowest BCUT2D eigenvalue weighted by molar-refractivity contribution is 0.660. The number of fused-ring (bicyclic) bond motifs is 12. The molecule has 0 atom stereocenters. The van der Waals surface area contributed by atoms with Crippen LogP contribution in [0.25, 0.3) is 76.9 Å². The van der Waals surface area contributed by atoms with Gasteiger partial charge in [-0.05, 0) is 52.4 Å². The summed E-state index contributed by atoms with van der Waals surface area (Å²) in [6, 6.07) is 53.7. The van der Waals surface area contributed by atoms with Crippen LogP contribution >= 0.6 is 0 Å². The highest BCUT2D eigenvalue weighted by Gasteiger charge is 2.37. The van der Waals surface area contributed by atoms with Crippen molar-refractivity contribution in [2.24, 2.45) is 0 Å². The number of rotatable bonds is 2. The predicted octanol–water partition coefficient (Wildman–Crippen LogP) is 11.3. The van der Waals surface area contributed by atoms with Gasteiger partial charge in [-0.1, -0.05) is 129 Å². The Bertz CT molecular complexity index is 2670. The quantitative estimate of drug-likeness (QED) is 0.194. The molecule has 0 saturated carbocycles. The van der Waals surface area contributed by atoms with Crippen LogP contribution in [0.1, 0.15) is 25.0 Å². The summed E-state index contributed by atoms with van der Waals surface area (Å²) < 4.78 is 5.04. The molecule has 0 saturated heterocycles. The Morgan fingerprint density at radius 2 is 1.16 bits per heavy atom. The van der Waals surface area contributed by atoms with Crippen molar-refractivity contribution in [1.82, 2.24) is 9.13 Å². The van der Waals surface area contributed by atoms with Crippen LogP contribution in [-0.4, -0.2) is 9.13 Å². The van der Waals surface area contributed by atoms with Crippen LogP contribution in [0.2, 0.25) is 0 Å². The van der Waals surface area contributed by atoms with E-state index in [4.69, 9.17) is 0 Å². The highest BCUT2D eigenvalue weighted by Crippen LogP contribution is 2.52. The molecule has 1 aliphatic rings. The summed E-state index contributed by atoms with van der Waals surface area (Å²) >= 11 is 0. The number of nitrogens with zero attached hydrogens (tertiary/aromatic N) is 2. The normalized spacial score (nSPS) is 13.7. The smallest absolute Gasteiger partial charge is 0.0641 e. The molecule has 212 valence electrons. The average molecular weight is 575 g/mol. The Balaban J connectivity index is 1.46. The van der Waals surface area contributed by atoms with Gasteiger partial charge in [-0.2, -0.15) is 0 Å². The molecule has 2 aromatic heterocycles. The Hall–Kier alpha value is -5.60. The number of benzene rings is 7. The molecule has 10 rings (SSSR count). The summed E-state index contributed by atoms with van der Waals surface area (Å²) in [6.45, 7) is 4.73. The number of hydrogen-bond acceptors (Lipinski definition) is 0. The first-order valence-electron chi connectivity index (χ1n) is 15.8. The Kier molecular flexibility index (Phi) is 4.82. The molecule has 0 aliphatic heterocycles. The Morgan fingerprint density at radius 3 is 2.04 bits per heavy atom. The number of para-hydroxylation sites is 2. The maximum atomic E-state index is 2.56. The fourth-order valence-corrected chi connectivity index (χ4v) is 8.33. The van der Waals surface area contributed by atoms with E-state index >= 15 is 0 Å². The van der Waals surface area contributed by atoms with Crippen LogP contribution in [0.4, 0.5) is 0 Å². The molecule has 7 aromatic carbocycles. The third kappa shape index (κ3) is 3.13. The van der Waals surface area contributed by atoms with E-state index in [0.717, 1.165) is 0 Å². The van der Waals surface area contributed by atoms with E-state index in [1.807, 2.05) is 0 Å². The van der Waals surface area contributed by atoms with E-state index in [2.05, 4.69) is 169 Å². The summed E-state index contributed by atoms with van der Waals surface area (Å²) in [5.41, 5.74) is 12.8. The summed E-state index contributed by atoms with van der Waals surface area (Å²) in [4.78, 5) is 0. The zero-order chi connectivity index (χ0) is 29.9. The van der Waals surface area contributed by atoms with Crippen LogP contribution in [0, 0.1) is 0 Å². The molecule has 1 aliphatic carbocycles. The lowest BCUT2D eigenvalue weighted by atomic mass is 9.82. The second-order valence-corrected chi connectivity index (χ2v) is 12.9. The summed E-state index contributed by atoms with van der Waals surface area (Å²) in [7, 11) is 0. The van der Waals surface area contributed by atoms with E-state index in [1.165, 1.54) is 88.0 Å². The maximum absolute atomic E-state index is 2.56. The molecule has 0 spiro atoms.